The molecule has 1 nitrogen and oxygen atoms in total. The lowest BCUT2D eigenvalue weighted by molar-refractivity contribution is 0.0965. The molecule has 0 aliphatic rings. The normalized spacial score (nSPS) is 12.7. The molecule has 0 rings (SSSR count). The monoisotopic (exact) mass is 255 g/mol. The maximum Gasteiger partial charge on any atom is 0.0127 e. The first-order chi connectivity index (χ1) is 8.39. The topological polar surface area (TPSA) is 3.24 Å². The molecule has 0 aliphatic heterocycles. The second-order valence-electron chi connectivity index (χ2n) is 6.93. The van der Waals surface area contributed by atoms with E-state index in [1.807, 2.05) is 0 Å². The Morgan fingerprint density at radius 3 is 1.61 bits per heavy atom. The van der Waals surface area contributed by atoms with Crippen LogP contribution in [-0.4, -0.2) is 23.0 Å². The highest BCUT2D eigenvalue weighted by atomic mass is 15.2. The zero-order valence-electron chi connectivity index (χ0n) is 13.9. The second-order valence-corrected chi connectivity index (χ2v) is 6.93. The number of nitrogens with zero attached hydrogens (tertiary/aromatic N) is 1. The van der Waals surface area contributed by atoms with Gasteiger partial charge in [0.15, 0.2) is 0 Å². The van der Waals surface area contributed by atoms with Gasteiger partial charge in [0.1, 0.15) is 0 Å². The van der Waals surface area contributed by atoms with Crippen molar-refractivity contribution in [3.05, 3.63) is 0 Å². The Balaban J connectivity index is 3.57. The van der Waals surface area contributed by atoms with Crippen LogP contribution in [0.15, 0.2) is 0 Å². The predicted molar refractivity (Wildman–Crippen MR) is 84.2 cm³/mol. The van der Waals surface area contributed by atoms with Crippen molar-refractivity contribution in [3.63, 3.8) is 0 Å². The Labute approximate surface area is 116 Å². The average Bonchev–Trinajstić information content (AvgIpc) is 2.24. The average molecular weight is 255 g/mol. The molecule has 18 heavy (non-hydrogen) atoms. The summed E-state index contributed by atoms with van der Waals surface area (Å²) in [6.07, 6.45) is 11.3. The SMILES string of the molecule is CCCCCCCCCCN(C(C)C)C(C)(C)C. The van der Waals surface area contributed by atoms with E-state index >= 15 is 0 Å². The summed E-state index contributed by atoms with van der Waals surface area (Å²) in [5, 5.41) is 0. The third-order valence-electron chi connectivity index (χ3n) is 3.74. The number of unbranched alkanes of at least 4 members (excludes halogenated alkanes) is 7. The third kappa shape index (κ3) is 8.97. The number of rotatable bonds is 10. The first-order valence-electron chi connectivity index (χ1n) is 8.16. The van der Waals surface area contributed by atoms with E-state index in [0.717, 1.165) is 0 Å². The molecule has 0 aromatic rings. The maximum absolute atomic E-state index is 2.63. The van der Waals surface area contributed by atoms with Crippen molar-refractivity contribution in [2.75, 3.05) is 6.54 Å². The largest absolute Gasteiger partial charge is 0.296 e. The predicted octanol–water partition coefficient (Wildman–Crippen LogP) is 5.64. The molecule has 1 heteroatoms. The number of hydrogen-bond acceptors (Lipinski definition) is 1. The van der Waals surface area contributed by atoms with E-state index in [1.165, 1.54) is 57.9 Å². The summed E-state index contributed by atoms with van der Waals surface area (Å²) in [6, 6.07) is 0.662. The molecule has 0 unspecified atom stereocenters. The van der Waals surface area contributed by atoms with Crippen LogP contribution in [0, 0.1) is 0 Å². The highest BCUT2D eigenvalue weighted by Gasteiger charge is 2.22. The molecule has 0 spiro atoms. The summed E-state index contributed by atoms with van der Waals surface area (Å²) >= 11 is 0. The van der Waals surface area contributed by atoms with E-state index in [4.69, 9.17) is 0 Å². The molecule has 0 fully saturated rings. The lowest BCUT2D eigenvalue weighted by atomic mass is 10.0. The van der Waals surface area contributed by atoms with Crippen LogP contribution in [0.1, 0.15) is 92.9 Å². The molecule has 0 bridgehead atoms. The lowest BCUT2D eigenvalue weighted by Gasteiger charge is -2.39. The minimum atomic E-state index is 0.315. The summed E-state index contributed by atoms with van der Waals surface area (Å²) < 4.78 is 0. The van der Waals surface area contributed by atoms with Gasteiger partial charge in [-0.1, -0.05) is 51.9 Å². The molecule has 0 aromatic carbocycles. The Kier molecular flexibility index (Phi) is 9.81. The molecular formula is C17H37N. The lowest BCUT2D eigenvalue weighted by Crippen LogP contribution is -2.46. The minimum absolute atomic E-state index is 0.315. The molecule has 0 aliphatic carbocycles. The van der Waals surface area contributed by atoms with E-state index in [9.17, 15) is 0 Å². The van der Waals surface area contributed by atoms with Crippen molar-refractivity contribution in [2.45, 2.75) is 104 Å². The van der Waals surface area contributed by atoms with Crippen LogP contribution in [0.25, 0.3) is 0 Å². The zero-order valence-corrected chi connectivity index (χ0v) is 13.9. The van der Waals surface area contributed by atoms with Crippen molar-refractivity contribution in [2.24, 2.45) is 0 Å². The minimum Gasteiger partial charge on any atom is -0.296 e. The zero-order chi connectivity index (χ0) is 14.0. The van der Waals surface area contributed by atoms with Gasteiger partial charge in [0.2, 0.25) is 0 Å². The molecular weight excluding hydrogens is 218 g/mol. The van der Waals surface area contributed by atoms with Crippen LogP contribution >= 0.6 is 0 Å². The molecule has 0 N–H and O–H groups in total. The van der Waals surface area contributed by atoms with Crippen LogP contribution in [-0.2, 0) is 0 Å². The first kappa shape index (κ1) is 18.0. The van der Waals surface area contributed by atoms with Crippen LogP contribution in [0.3, 0.4) is 0 Å². The van der Waals surface area contributed by atoms with Gasteiger partial charge in [-0.15, -0.1) is 0 Å². The summed E-state index contributed by atoms with van der Waals surface area (Å²) in [5.74, 6) is 0. The van der Waals surface area contributed by atoms with E-state index < -0.39 is 0 Å². The van der Waals surface area contributed by atoms with Gasteiger partial charge in [-0.3, -0.25) is 4.90 Å². The van der Waals surface area contributed by atoms with Crippen molar-refractivity contribution < 1.29 is 0 Å². The molecule has 0 saturated carbocycles. The molecule has 110 valence electrons. The maximum atomic E-state index is 2.63. The fraction of sp³-hybridized carbons (Fsp3) is 1.00. The van der Waals surface area contributed by atoms with Crippen molar-refractivity contribution in [1.29, 1.82) is 0 Å². The van der Waals surface area contributed by atoms with Gasteiger partial charge < -0.3 is 0 Å². The summed E-state index contributed by atoms with van der Waals surface area (Å²) in [7, 11) is 0. The van der Waals surface area contributed by atoms with Crippen LogP contribution < -0.4 is 0 Å². The van der Waals surface area contributed by atoms with E-state index in [0.29, 0.717) is 11.6 Å². The van der Waals surface area contributed by atoms with Crippen LogP contribution in [0.5, 0.6) is 0 Å². The van der Waals surface area contributed by atoms with Gasteiger partial charge >= 0.3 is 0 Å². The van der Waals surface area contributed by atoms with E-state index in [2.05, 4.69) is 46.4 Å². The molecule has 0 amide bonds. The second kappa shape index (κ2) is 9.83. The third-order valence-corrected chi connectivity index (χ3v) is 3.74. The van der Waals surface area contributed by atoms with Gasteiger partial charge in [0, 0.05) is 11.6 Å². The highest BCUT2D eigenvalue weighted by Crippen LogP contribution is 2.18. The standard InChI is InChI=1S/C17H37N/c1-7-8-9-10-11-12-13-14-15-18(16(2)3)17(4,5)6/h16H,7-15H2,1-6H3. The van der Waals surface area contributed by atoms with E-state index in [-0.39, 0.29) is 0 Å². The summed E-state index contributed by atoms with van der Waals surface area (Å²) in [5.41, 5.74) is 0.315. The fourth-order valence-corrected chi connectivity index (χ4v) is 2.78. The van der Waals surface area contributed by atoms with Crippen LogP contribution in [0.4, 0.5) is 0 Å². The molecule has 0 atom stereocenters. The van der Waals surface area contributed by atoms with Gasteiger partial charge in [0.25, 0.3) is 0 Å². The molecule has 0 radical (unpaired) electrons. The summed E-state index contributed by atoms with van der Waals surface area (Å²) in [4.78, 5) is 2.63. The smallest absolute Gasteiger partial charge is 0.0127 e. The summed E-state index contributed by atoms with van der Waals surface area (Å²) in [6.45, 7) is 15.2. The Hall–Kier alpha value is -0.0400. The molecule has 0 saturated heterocycles. The quantitative estimate of drug-likeness (QED) is 0.457. The Bertz CT molecular complexity index is 179. The van der Waals surface area contributed by atoms with Gasteiger partial charge in [0.05, 0.1) is 0 Å². The Morgan fingerprint density at radius 1 is 0.778 bits per heavy atom. The van der Waals surface area contributed by atoms with Gasteiger partial charge in [-0.25, -0.2) is 0 Å². The van der Waals surface area contributed by atoms with Gasteiger partial charge in [-0.05, 0) is 47.6 Å². The highest BCUT2D eigenvalue weighted by molar-refractivity contribution is 4.78. The van der Waals surface area contributed by atoms with Gasteiger partial charge in [-0.2, -0.15) is 0 Å². The Morgan fingerprint density at radius 2 is 1.22 bits per heavy atom. The fourth-order valence-electron chi connectivity index (χ4n) is 2.78. The molecule has 0 aromatic heterocycles. The van der Waals surface area contributed by atoms with Crippen molar-refractivity contribution in [3.8, 4) is 0 Å². The molecule has 0 heterocycles. The number of hydrogen-bond donors (Lipinski definition) is 0. The van der Waals surface area contributed by atoms with Crippen LogP contribution in [0.2, 0.25) is 0 Å². The van der Waals surface area contributed by atoms with E-state index in [1.54, 1.807) is 0 Å². The van der Waals surface area contributed by atoms with Crippen molar-refractivity contribution >= 4 is 0 Å². The first-order valence-corrected chi connectivity index (χ1v) is 8.16. The van der Waals surface area contributed by atoms with Crippen molar-refractivity contribution in [1.82, 2.24) is 4.90 Å².